The molecule has 5 nitrogen and oxygen atoms in total. The molecule has 2 amide bonds. The van der Waals surface area contributed by atoms with Crippen molar-refractivity contribution in [3.63, 3.8) is 0 Å². The van der Waals surface area contributed by atoms with E-state index in [-0.39, 0.29) is 6.03 Å². The maximum Gasteiger partial charge on any atom is 0.333 e. The minimum absolute atomic E-state index is 0.240. The summed E-state index contributed by atoms with van der Waals surface area (Å²) in [6, 6.07) is 3.11. The number of nitrogens with one attached hydrogen (secondary N) is 2. The van der Waals surface area contributed by atoms with Gasteiger partial charge in [0.2, 0.25) is 0 Å². The molecular formula is C11H15ClN4O. The first-order valence-electron chi connectivity index (χ1n) is 5.68. The van der Waals surface area contributed by atoms with Crippen molar-refractivity contribution >= 4 is 23.3 Å². The van der Waals surface area contributed by atoms with E-state index >= 15 is 0 Å². The van der Waals surface area contributed by atoms with E-state index in [9.17, 15) is 4.79 Å². The number of hydrazine groups is 1. The number of nitrogens with zero attached hydrogens (tertiary/aromatic N) is 2. The average molecular weight is 255 g/mol. The summed E-state index contributed by atoms with van der Waals surface area (Å²) in [5.41, 5.74) is 3.43. The van der Waals surface area contributed by atoms with Crippen molar-refractivity contribution in [2.24, 2.45) is 0 Å². The van der Waals surface area contributed by atoms with Gasteiger partial charge in [0.05, 0.1) is 11.9 Å². The monoisotopic (exact) mass is 254 g/mol. The summed E-state index contributed by atoms with van der Waals surface area (Å²) in [4.78, 5) is 15.5. The van der Waals surface area contributed by atoms with Crippen LogP contribution in [0, 0.1) is 0 Å². The third kappa shape index (κ3) is 3.87. The van der Waals surface area contributed by atoms with Crippen molar-refractivity contribution in [2.45, 2.75) is 19.3 Å². The standard InChI is InChI=1S/C11H15ClN4O/c12-10-5-4-9(8-13-10)14-11(17)15-16-6-2-1-3-7-16/h4-5,8H,1-3,6-7H2,(H2,14,15,17). The van der Waals surface area contributed by atoms with Gasteiger partial charge >= 0.3 is 6.03 Å². The van der Waals surface area contributed by atoms with E-state index in [1.807, 2.05) is 5.01 Å². The van der Waals surface area contributed by atoms with Gasteiger partial charge in [-0.15, -0.1) is 0 Å². The number of anilines is 1. The number of aromatic nitrogens is 1. The molecule has 1 fully saturated rings. The van der Waals surface area contributed by atoms with Crippen molar-refractivity contribution < 1.29 is 4.79 Å². The summed E-state index contributed by atoms with van der Waals surface area (Å²) in [6.07, 6.45) is 5.02. The number of hydrogen-bond donors (Lipinski definition) is 2. The first kappa shape index (κ1) is 12.1. The molecule has 92 valence electrons. The SMILES string of the molecule is O=C(Nc1ccc(Cl)nc1)NN1CCCCC1. The highest BCUT2D eigenvalue weighted by molar-refractivity contribution is 6.29. The summed E-state index contributed by atoms with van der Waals surface area (Å²) < 4.78 is 0. The van der Waals surface area contributed by atoms with Gasteiger partial charge in [0.15, 0.2) is 0 Å². The van der Waals surface area contributed by atoms with Crippen LogP contribution in [0.3, 0.4) is 0 Å². The Balaban J connectivity index is 1.82. The quantitative estimate of drug-likeness (QED) is 0.796. The Morgan fingerprint density at radius 1 is 1.29 bits per heavy atom. The number of carbonyl (C=O) groups excluding carboxylic acids is 1. The molecule has 0 aliphatic carbocycles. The van der Waals surface area contributed by atoms with Crippen LogP contribution in [-0.4, -0.2) is 29.1 Å². The number of carbonyl (C=O) groups is 1. The zero-order valence-corrected chi connectivity index (χ0v) is 10.2. The van der Waals surface area contributed by atoms with E-state index in [1.54, 1.807) is 12.1 Å². The maximum atomic E-state index is 11.6. The van der Waals surface area contributed by atoms with Gasteiger partial charge in [-0.25, -0.2) is 14.8 Å². The molecule has 6 heteroatoms. The fourth-order valence-corrected chi connectivity index (χ4v) is 1.87. The molecule has 0 saturated carbocycles. The molecule has 2 rings (SSSR count). The van der Waals surface area contributed by atoms with Crippen LogP contribution >= 0.6 is 11.6 Å². The molecule has 0 radical (unpaired) electrons. The predicted molar refractivity (Wildman–Crippen MR) is 66.8 cm³/mol. The fourth-order valence-electron chi connectivity index (χ4n) is 1.76. The molecule has 0 atom stereocenters. The van der Waals surface area contributed by atoms with Crippen LogP contribution in [0.2, 0.25) is 5.15 Å². The lowest BCUT2D eigenvalue weighted by Gasteiger charge is -2.26. The van der Waals surface area contributed by atoms with Crippen molar-refractivity contribution in [2.75, 3.05) is 18.4 Å². The number of pyridine rings is 1. The number of urea groups is 1. The molecular weight excluding hydrogens is 240 g/mol. The third-order valence-corrected chi connectivity index (χ3v) is 2.82. The minimum Gasteiger partial charge on any atom is -0.305 e. The Labute approximate surface area is 105 Å². The smallest absolute Gasteiger partial charge is 0.305 e. The van der Waals surface area contributed by atoms with Crippen LogP contribution < -0.4 is 10.7 Å². The largest absolute Gasteiger partial charge is 0.333 e. The Hall–Kier alpha value is -1.33. The Kier molecular flexibility index (Phi) is 4.17. The topological polar surface area (TPSA) is 57.3 Å². The van der Waals surface area contributed by atoms with Crippen LogP contribution in [0.5, 0.6) is 0 Å². The van der Waals surface area contributed by atoms with Crippen molar-refractivity contribution in [1.82, 2.24) is 15.4 Å². The van der Waals surface area contributed by atoms with E-state index in [2.05, 4.69) is 15.7 Å². The van der Waals surface area contributed by atoms with Gasteiger partial charge < -0.3 is 5.32 Å². The number of amides is 2. The third-order valence-electron chi connectivity index (χ3n) is 2.60. The first-order valence-corrected chi connectivity index (χ1v) is 6.06. The summed E-state index contributed by atoms with van der Waals surface area (Å²) in [7, 11) is 0. The van der Waals surface area contributed by atoms with Gasteiger partial charge in [-0.3, -0.25) is 5.43 Å². The average Bonchev–Trinajstić information content (AvgIpc) is 2.33. The zero-order valence-electron chi connectivity index (χ0n) is 9.45. The molecule has 0 bridgehead atoms. The number of piperidine rings is 1. The van der Waals surface area contributed by atoms with Gasteiger partial charge in [-0.2, -0.15) is 0 Å². The van der Waals surface area contributed by atoms with Crippen LogP contribution in [0.25, 0.3) is 0 Å². The Morgan fingerprint density at radius 3 is 2.71 bits per heavy atom. The molecule has 17 heavy (non-hydrogen) atoms. The summed E-state index contributed by atoms with van der Waals surface area (Å²) >= 11 is 5.66. The predicted octanol–water partition coefficient (Wildman–Crippen LogP) is 2.26. The first-order chi connectivity index (χ1) is 8.24. The van der Waals surface area contributed by atoms with Crippen LogP contribution in [0.15, 0.2) is 18.3 Å². The second-order valence-electron chi connectivity index (χ2n) is 3.98. The molecule has 1 aromatic rings. The highest BCUT2D eigenvalue weighted by Gasteiger charge is 2.12. The highest BCUT2D eigenvalue weighted by Crippen LogP contribution is 2.10. The lowest BCUT2D eigenvalue weighted by molar-refractivity contribution is 0.162. The van der Waals surface area contributed by atoms with Crippen molar-refractivity contribution in [3.05, 3.63) is 23.5 Å². The molecule has 0 aromatic carbocycles. The van der Waals surface area contributed by atoms with Gasteiger partial charge in [0.25, 0.3) is 0 Å². The van der Waals surface area contributed by atoms with E-state index in [1.165, 1.54) is 12.6 Å². The van der Waals surface area contributed by atoms with Crippen LogP contribution in [-0.2, 0) is 0 Å². The highest BCUT2D eigenvalue weighted by atomic mass is 35.5. The van der Waals surface area contributed by atoms with Crippen molar-refractivity contribution in [3.8, 4) is 0 Å². The van der Waals surface area contributed by atoms with Crippen molar-refractivity contribution in [1.29, 1.82) is 0 Å². The second-order valence-corrected chi connectivity index (χ2v) is 4.37. The van der Waals surface area contributed by atoms with E-state index in [0.717, 1.165) is 25.9 Å². The van der Waals surface area contributed by atoms with Gasteiger partial charge in [0, 0.05) is 13.1 Å². The number of halogens is 1. The molecule has 0 unspecified atom stereocenters. The maximum absolute atomic E-state index is 11.6. The fraction of sp³-hybridized carbons (Fsp3) is 0.455. The van der Waals surface area contributed by atoms with Gasteiger partial charge in [-0.1, -0.05) is 18.0 Å². The molecule has 1 saturated heterocycles. The van der Waals surface area contributed by atoms with Gasteiger partial charge in [-0.05, 0) is 25.0 Å². The molecule has 1 aliphatic heterocycles. The summed E-state index contributed by atoms with van der Waals surface area (Å²) in [6.45, 7) is 1.82. The zero-order chi connectivity index (χ0) is 12.1. The van der Waals surface area contributed by atoms with Crippen LogP contribution in [0.1, 0.15) is 19.3 Å². The molecule has 1 aliphatic rings. The lowest BCUT2D eigenvalue weighted by atomic mass is 10.2. The molecule has 2 heterocycles. The molecule has 1 aromatic heterocycles. The van der Waals surface area contributed by atoms with E-state index in [0.29, 0.717) is 10.8 Å². The van der Waals surface area contributed by atoms with E-state index in [4.69, 9.17) is 11.6 Å². The normalized spacial score (nSPS) is 16.5. The Bertz CT molecular complexity index is 376. The van der Waals surface area contributed by atoms with Gasteiger partial charge in [0.1, 0.15) is 5.15 Å². The number of rotatable bonds is 2. The van der Waals surface area contributed by atoms with E-state index < -0.39 is 0 Å². The minimum atomic E-state index is -0.240. The summed E-state index contributed by atoms with van der Waals surface area (Å²) in [5.74, 6) is 0. The Morgan fingerprint density at radius 2 is 2.06 bits per heavy atom. The van der Waals surface area contributed by atoms with Crippen LogP contribution in [0.4, 0.5) is 10.5 Å². The summed E-state index contributed by atoms with van der Waals surface area (Å²) in [5, 5.41) is 5.05. The molecule has 2 N–H and O–H groups in total. The second kappa shape index (κ2) is 5.84. The lowest BCUT2D eigenvalue weighted by Crippen LogP contribution is -2.46. The molecule has 0 spiro atoms. The number of hydrogen-bond acceptors (Lipinski definition) is 3.